The summed E-state index contributed by atoms with van der Waals surface area (Å²) in [4.78, 5) is 0. The van der Waals surface area contributed by atoms with Gasteiger partial charge in [0.2, 0.25) is 0 Å². The molecule has 0 saturated carbocycles. The van der Waals surface area contributed by atoms with Crippen molar-refractivity contribution in [1.29, 1.82) is 0 Å². The SMILES string of the molecule is Cc1nn(C)c(CSCCN)c1Br. The quantitative estimate of drug-likeness (QED) is 0.841. The van der Waals surface area contributed by atoms with Crippen LogP contribution < -0.4 is 5.73 Å². The maximum Gasteiger partial charge on any atom is 0.0738 e. The van der Waals surface area contributed by atoms with Crippen molar-refractivity contribution >= 4 is 27.7 Å². The normalized spacial score (nSPS) is 10.8. The Morgan fingerprint density at radius 3 is 2.77 bits per heavy atom. The average molecular weight is 264 g/mol. The van der Waals surface area contributed by atoms with E-state index in [4.69, 9.17) is 5.73 Å². The molecular formula is C8H14BrN3S. The third kappa shape index (κ3) is 2.72. The van der Waals surface area contributed by atoms with Crippen molar-refractivity contribution in [3.05, 3.63) is 15.9 Å². The molecule has 0 bridgehead atoms. The molecule has 1 heterocycles. The minimum atomic E-state index is 0.735. The molecule has 0 fully saturated rings. The van der Waals surface area contributed by atoms with Crippen molar-refractivity contribution in [2.45, 2.75) is 12.7 Å². The summed E-state index contributed by atoms with van der Waals surface area (Å²) in [6.45, 7) is 2.74. The van der Waals surface area contributed by atoms with Gasteiger partial charge in [-0.3, -0.25) is 4.68 Å². The average Bonchev–Trinajstić information content (AvgIpc) is 2.32. The highest BCUT2D eigenvalue weighted by atomic mass is 79.9. The second kappa shape index (κ2) is 5.02. The van der Waals surface area contributed by atoms with Crippen LogP contribution in [0.2, 0.25) is 0 Å². The molecule has 13 heavy (non-hydrogen) atoms. The number of aromatic nitrogens is 2. The first-order valence-corrected chi connectivity index (χ1v) is 6.07. The van der Waals surface area contributed by atoms with Gasteiger partial charge in [-0.1, -0.05) is 0 Å². The van der Waals surface area contributed by atoms with Gasteiger partial charge >= 0.3 is 0 Å². The van der Waals surface area contributed by atoms with E-state index < -0.39 is 0 Å². The molecular weight excluding hydrogens is 250 g/mol. The van der Waals surface area contributed by atoms with Gasteiger partial charge < -0.3 is 5.73 Å². The summed E-state index contributed by atoms with van der Waals surface area (Å²) in [5, 5.41) is 4.31. The minimum Gasteiger partial charge on any atom is -0.330 e. The molecule has 74 valence electrons. The number of hydrogen-bond donors (Lipinski definition) is 1. The summed E-state index contributed by atoms with van der Waals surface area (Å²) in [5.74, 6) is 1.96. The van der Waals surface area contributed by atoms with E-state index in [0.717, 1.165) is 28.2 Å². The fourth-order valence-corrected chi connectivity index (χ4v) is 2.59. The molecule has 0 aliphatic carbocycles. The van der Waals surface area contributed by atoms with Crippen LogP contribution in [0.1, 0.15) is 11.4 Å². The van der Waals surface area contributed by atoms with Crippen molar-refractivity contribution < 1.29 is 0 Å². The first kappa shape index (κ1) is 11.1. The molecule has 5 heteroatoms. The van der Waals surface area contributed by atoms with E-state index in [-0.39, 0.29) is 0 Å². The topological polar surface area (TPSA) is 43.8 Å². The van der Waals surface area contributed by atoms with Gasteiger partial charge in [0.05, 0.1) is 15.9 Å². The van der Waals surface area contributed by atoms with E-state index in [0.29, 0.717) is 0 Å². The van der Waals surface area contributed by atoms with Crippen LogP contribution in [0.25, 0.3) is 0 Å². The monoisotopic (exact) mass is 263 g/mol. The summed E-state index contributed by atoms with van der Waals surface area (Å²) in [5.41, 5.74) is 7.70. The maximum absolute atomic E-state index is 5.42. The third-order valence-corrected chi connectivity index (χ3v) is 3.80. The molecule has 1 aromatic rings. The van der Waals surface area contributed by atoms with Crippen molar-refractivity contribution in [2.24, 2.45) is 12.8 Å². The van der Waals surface area contributed by atoms with Crippen molar-refractivity contribution in [2.75, 3.05) is 12.3 Å². The highest BCUT2D eigenvalue weighted by Crippen LogP contribution is 2.23. The van der Waals surface area contributed by atoms with Crippen molar-refractivity contribution in [3.63, 3.8) is 0 Å². The zero-order chi connectivity index (χ0) is 9.84. The summed E-state index contributed by atoms with van der Waals surface area (Å²) >= 11 is 5.36. The fraction of sp³-hybridized carbons (Fsp3) is 0.625. The van der Waals surface area contributed by atoms with E-state index in [9.17, 15) is 0 Å². The number of nitrogens with two attached hydrogens (primary N) is 1. The van der Waals surface area contributed by atoms with E-state index in [1.807, 2.05) is 30.4 Å². The molecule has 1 aromatic heterocycles. The summed E-state index contributed by atoms with van der Waals surface area (Å²) in [6.07, 6.45) is 0. The van der Waals surface area contributed by atoms with E-state index in [1.165, 1.54) is 5.69 Å². The van der Waals surface area contributed by atoms with Gasteiger partial charge in [0.1, 0.15) is 0 Å². The number of thioether (sulfide) groups is 1. The first-order chi connectivity index (χ1) is 6.16. The number of rotatable bonds is 4. The van der Waals surface area contributed by atoms with Gasteiger partial charge in [-0.2, -0.15) is 16.9 Å². The lowest BCUT2D eigenvalue weighted by atomic mass is 10.4. The fourth-order valence-electron chi connectivity index (χ4n) is 1.09. The number of aryl methyl sites for hydroxylation is 2. The summed E-state index contributed by atoms with van der Waals surface area (Å²) < 4.78 is 3.04. The predicted molar refractivity (Wildman–Crippen MR) is 60.9 cm³/mol. The maximum atomic E-state index is 5.42. The summed E-state index contributed by atoms with van der Waals surface area (Å²) in [7, 11) is 1.97. The Kier molecular flexibility index (Phi) is 4.28. The molecule has 0 radical (unpaired) electrons. The lowest BCUT2D eigenvalue weighted by molar-refractivity contribution is 0.727. The Labute approximate surface area is 91.2 Å². The Morgan fingerprint density at radius 2 is 2.31 bits per heavy atom. The molecule has 0 aliphatic heterocycles. The Bertz CT molecular complexity index is 285. The first-order valence-electron chi connectivity index (χ1n) is 4.12. The van der Waals surface area contributed by atoms with Crippen LogP contribution in [-0.4, -0.2) is 22.1 Å². The van der Waals surface area contributed by atoms with Crippen LogP contribution in [0.5, 0.6) is 0 Å². The molecule has 0 amide bonds. The van der Waals surface area contributed by atoms with Gasteiger partial charge in [-0.15, -0.1) is 0 Å². The summed E-state index contributed by atoms with van der Waals surface area (Å²) in [6, 6.07) is 0. The van der Waals surface area contributed by atoms with Crippen molar-refractivity contribution in [3.8, 4) is 0 Å². The second-order valence-corrected chi connectivity index (χ2v) is 4.71. The molecule has 3 nitrogen and oxygen atoms in total. The molecule has 1 rings (SSSR count). The second-order valence-electron chi connectivity index (χ2n) is 2.81. The lowest BCUT2D eigenvalue weighted by Crippen LogP contribution is -2.03. The van der Waals surface area contributed by atoms with Gasteiger partial charge in [-0.05, 0) is 22.9 Å². The van der Waals surface area contributed by atoms with Crippen LogP contribution in [-0.2, 0) is 12.8 Å². The lowest BCUT2D eigenvalue weighted by Gasteiger charge is -2.01. The minimum absolute atomic E-state index is 0.735. The Morgan fingerprint density at radius 1 is 1.62 bits per heavy atom. The van der Waals surface area contributed by atoms with E-state index in [1.54, 1.807) is 0 Å². The standard InChI is InChI=1S/C8H14BrN3S/c1-6-8(9)7(12(2)11-6)5-13-4-3-10/h3-5,10H2,1-2H3. The Balaban J connectivity index is 2.64. The van der Waals surface area contributed by atoms with E-state index >= 15 is 0 Å². The predicted octanol–water partition coefficient (Wildman–Crippen LogP) is 1.68. The van der Waals surface area contributed by atoms with Crippen LogP contribution in [0.15, 0.2) is 4.47 Å². The highest BCUT2D eigenvalue weighted by Gasteiger charge is 2.09. The Hall–Kier alpha value is -0.0000000000000000555. The number of nitrogens with zero attached hydrogens (tertiary/aromatic N) is 2. The molecule has 0 aromatic carbocycles. The van der Waals surface area contributed by atoms with Gasteiger partial charge in [0, 0.05) is 25.1 Å². The number of hydrogen-bond acceptors (Lipinski definition) is 3. The van der Waals surface area contributed by atoms with Crippen molar-refractivity contribution in [1.82, 2.24) is 9.78 Å². The van der Waals surface area contributed by atoms with Gasteiger partial charge in [-0.25, -0.2) is 0 Å². The van der Waals surface area contributed by atoms with Crippen LogP contribution in [0.3, 0.4) is 0 Å². The number of halogens is 1. The van der Waals surface area contributed by atoms with Gasteiger partial charge in [0.25, 0.3) is 0 Å². The van der Waals surface area contributed by atoms with Gasteiger partial charge in [0.15, 0.2) is 0 Å². The van der Waals surface area contributed by atoms with E-state index in [2.05, 4.69) is 21.0 Å². The van der Waals surface area contributed by atoms with Crippen LogP contribution in [0.4, 0.5) is 0 Å². The molecule has 0 aliphatic rings. The molecule has 0 spiro atoms. The van der Waals surface area contributed by atoms with Crippen LogP contribution in [0, 0.1) is 6.92 Å². The zero-order valence-corrected chi connectivity index (χ0v) is 10.3. The zero-order valence-electron chi connectivity index (χ0n) is 7.88. The third-order valence-electron chi connectivity index (χ3n) is 1.76. The molecule has 0 saturated heterocycles. The molecule has 0 unspecified atom stereocenters. The van der Waals surface area contributed by atoms with Crippen LogP contribution >= 0.6 is 27.7 Å². The smallest absolute Gasteiger partial charge is 0.0738 e. The molecule has 0 atom stereocenters. The molecule has 2 N–H and O–H groups in total. The largest absolute Gasteiger partial charge is 0.330 e. The highest BCUT2D eigenvalue weighted by molar-refractivity contribution is 9.10.